The van der Waals surface area contributed by atoms with Crippen LogP contribution < -0.4 is 11.1 Å². The summed E-state index contributed by atoms with van der Waals surface area (Å²) in [4.78, 5) is 16.1. The van der Waals surface area contributed by atoms with E-state index in [1.54, 1.807) is 11.4 Å². The van der Waals surface area contributed by atoms with Gasteiger partial charge in [-0.2, -0.15) is 0 Å². The van der Waals surface area contributed by atoms with Crippen LogP contribution in [0.3, 0.4) is 0 Å². The largest absolute Gasteiger partial charge is 0.347 e. The second kappa shape index (κ2) is 6.65. The summed E-state index contributed by atoms with van der Waals surface area (Å²) in [5.74, 6) is -0.195. The van der Waals surface area contributed by atoms with E-state index in [0.717, 1.165) is 10.6 Å². The highest BCUT2D eigenvalue weighted by atomic mass is 35.5. The summed E-state index contributed by atoms with van der Waals surface area (Å²) in [5.41, 5.74) is 6.76. The van der Waals surface area contributed by atoms with E-state index >= 15 is 0 Å². The minimum atomic E-state index is -0.195. The fraction of sp³-hybridized carbons (Fsp3) is 0.231. The number of benzene rings is 1. The number of rotatable bonds is 5. The maximum absolute atomic E-state index is 11.9. The molecule has 0 saturated carbocycles. The molecule has 0 atom stereocenters. The van der Waals surface area contributed by atoms with Crippen molar-refractivity contribution in [3.63, 3.8) is 0 Å². The zero-order valence-electron chi connectivity index (χ0n) is 10.2. The van der Waals surface area contributed by atoms with Gasteiger partial charge in [0.1, 0.15) is 5.69 Å². The van der Waals surface area contributed by atoms with Crippen molar-refractivity contribution >= 4 is 28.8 Å². The van der Waals surface area contributed by atoms with E-state index in [4.69, 9.17) is 17.3 Å². The number of thiazole rings is 1. The Morgan fingerprint density at radius 1 is 1.42 bits per heavy atom. The third kappa shape index (κ3) is 3.76. The Bertz CT molecular complexity index is 571. The Balaban J connectivity index is 1.95. The van der Waals surface area contributed by atoms with Crippen LogP contribution in [-0.2, 0) is 13.0 Å². The molecule has 100 valence electrons. The summed E-state index contributed by atoms with van der Waals surface area (Å²) in [6, 6.07) is 7.41. The van der Waals surface area contributed by atoms with Crippen molar-refractivity contribution in [1.82, 2.24) is 10.3 Å². The maximum Gasteiger partial charge on any atom is 0.271 e. The first-order chi connectivity index (χ1) is 9.20. The number of carbonyl (C=O) groups excluding carboxylic acids is 1. The molecule has 1 aromatic carbocycles. The molecule has 1 amide bonds. The van der Waals surface area contributed by atoms with Gasteiger partial charge < -0.3 is 11.1 Å². The average Bonchev–Trinajstić information content (AvgIpc) is 2.87. The fourth-order valence-electron chi connectivity index (χ4n) is 1.56. The highest BCUT2D eigenvalue weighted by Crippen LogP contribution is 2.15. The lowest BCUT2D eigenvalue weighted by molar-refractivity contribution is 0.0946. The van der Waals surface area contributed by atoms with Gasteiger partial charge in [-0.15, -0.1) is 11.3 Å². The monoisotopic (exact) mass is 295 g/mol. The molecule has 0 spiro atoms. The zero-order valence-corrected chi connectivity index (χ0v) is 11.8. The van der Waals surface area contributed by atoms with E-state index < -0.39 is 0 Å². The number of hydrogen-bond acceptors (Lipinski definition) is 4. The van der Waals surface area contributed by atoms with Gasteiger partial charge in [-0.1, -0.05) is 29.8 Å². The van der Waals surface area contributed by atoms with Gasteiger partial charge in [-0.3, -0.25) is 4.79 Å². The molecule has 3 N–H and O–H groups in total. The maximum atomic E-state index is 11.9. The average molecular weight is 296 g/mol. The number of carbonyl (C=O) groups is 1. The molecule has 0 aliphatic heterocycles. The molecule has 0 fully saturated rings. The van der Waals surface area contributed by atoms with E-state index in [-0.39, 0.29) is 5.91 Å². The van der Waals surface area contributed by atoms with Crippen molar-refractivity contribution in [3.8, 4) is 0 Å². The van der Waals surface area contributed by atoms with Crippen LogP contribution >= 0.6 is 22.9 Å². The van der Waals surface area contributed by atoms with Crippen LogP contribution in [0.15, 0.2) is 29.6 Å². The minimum Gasteiger partial charge on any atom is -0.347 e. The Morgan fingerprint density at radius 3 is 2.95 bits per heavy atom. The quantitative estimate of drug-likeness (QED) is 0.889. The van der Waals surface area contributed by atoms with Gasteiger partial charge in [-0.25, -0.2) is 4.98 Å². The van der Waals surface area contributed by atoms with Crippen molar-refractivity contribution in [2.24, 2.45) is 5.73 Å². The molecule has 4 nitrogen and oxygen atoms in total. The molecule has 6 heteroatoms. The number of nitrogens with one attached hydrogen (secondary N) is 1. The standard InChI is InChI=1S/C13H14ClN3OS/c14-10-4-2-1-3-9(10)7-16-13(18)11-8-19-12(17-11)5-6-15/h1-4,8H,5-7,15H2,(H,16,18). The number of nitrogens with zero attached hydrogens (tertiary/aromatic N) is 1. The molecular formula is C13H14ClN3OS. The van der Waals surface area contributed by atoms with E-state index in [1.807, 2.05) is 18.2 Å². The Hall–Kier alpha value is -1.43. The highest BCUT2D eigenvalue weighted by Gasteiger charge is 2.10. The molecule has 2 rings (SSSR count). The molecule has 1 heterocycles. The van der Waals surface area contributed by atoms with Crippen LogP contribution in [-0.4, -0.2) is 17.4 Å². The molecule has 0 bridgehead atoms. The first-order valence-corrected chi connectivity index (χ1v) is 7.12. The van der Waals surface area contributed by atoms with Crippen LogP contribution in [0.1, 0.15) is 21.1 Å². The van der Waals surface area contributed by atoms with Gasteiger partial charge in [0.2, 0.25) is 0 Å². The van der Waals surface area contributed by atoms with E-state index in [0.29, 0.717) is 30.2 Å². The van der Waals surface area contributed by atoms with E-state index in [9.17, 15) is 4.79 Å². The predicted octanol–water partition coefficient (Wildman–Crippen LogP) is 2.23. The molecule has 19 heavy (non-hydrogen) atoms. The Morgan fingerprint density at radius 2 is 2.21 bits per heavy atom. The van der Waals surface area contributed by atoms with Gasteiger partial charge in [-0.05, 0) is 18.2 Å². The van der Waals surface area contributed by atoms with E-state index in [1.165, 1.54) is 11.3 Å². The summed E-state index contributed by atoms with van der Waals surface area (Å²) in [7, 11) is 0. The third-order valence-electron chi connectivity index (χ3n) is 2.54. The van der Waals surface area contributed by atoms with Crippen molar-refractivity contribution in [2.75, 3.05) is 6.54 Å². The normalized spacial score (nSPS) is 10.4. The molecule has 0 saturated heterocycles. The van der Waals surface area contributed by atoms with Gasteiger partial charge in [0.05, 0.1) is 5.01 Å². The number of amides is 1. The molecule has 2 aromatic rings. The van der Waals surface area contributed by atoms with Crippen molar-refractivity contribution in [1.29, 1.82) is 0 Å². The first-order valence-electron chi connectivity index (χ1n) is 5.87. The Kier molecular flexibility index (Phi) is 4.90. The first kappa shape index (κ1) is 14.0. The van der Waals surface area contributed by atoms with Gasteiger partial charge in [0.25, 0.3) is 5.91 Å². The Labute approximate surface area is 120 Å². The lowest BCUT2D eigenvalue weighted by Crippen LogP contribution is -2.23. The number of nitrogens with two attached hydrogens (primary N) is 1. The van der Waals surface area contributed by atoms with Gasteiger partial charge >= 0.3 is 0 Å². The van der Waals surface area contributed by atoms with Gasteiger partial charge in [0.15, 0.2) is 0 Å². The van der Waals surface area contributed by atoms with Crippen LogP contribution in [0.2, 0.25) is 5.02 Å². The molecular weight excluding hydrogens is 282 g/mol. The summed E-state index contributed by atoms with van der Waals surface area (Å²) in [6.07, 6.45) is 0.697. The molecule has 0 aliphatic rings. The molecule has 0 aliphatic carbocycles. The van der Waals surface area contributed by atoms with Crippen LogP contribution in [0, 0.1) is 0 Å². The lowest BCUT2D eigenvalue weighted by Gasteiger charge is -2.05. The van der Waals surface area contributed by atoms with Crippen LogP contribution in [0.4, 0.5) is 0 Å². The van der Waals surface area contributed by atoms with Crippen molar-refractivity contribution < 1.29 is 4.79 Å². The second-order valence-corrected chi connectivity index (χ2v) is 5.29. The fourth-order valence-corrected chi connectivity index (χ4v) is 2.56. The summed E-state index contributed by atoms with van der Waals surface area (Å²) >= 11 is 7.47. The predicted molar refractivity (Wildman–Crippen MR) is 77.5 cm³/mol. The van der Waals surface area contributed by atoms with Crippen molar-refractivity contribution in [3.05, 3.63) is 50.9 Å². The number of aromatic nitrogens is 1. The SMILES string of the molecule is NCCc1nc(C(=O)NCc2ccccc2Cl)cs1. The minimum absolute atomic E-state index is 0.195. The van der Waals surface area contributed by atoms with Gasteiger partial charge in [0, 0.05) is 23.4 Å². The van der Waals surface area contributed by atoms with Crippen LogP contribution in [0.25, 0.3) is 0 Å². The molecule has 0 unspecified atom stereocenters. The lowest BCUT2D eigenvalue weighted by atomic mass is 10.2. The van der Waals surface area contributed by atoms with E-state index in [2.05, 4.69) is 10.3 Å². The van der Waals surface area contributed by atoms with Crippen LogP contribution in [0.5, 0.6) is 0 Å². The van der Waals surface area contributed by atoms with Crippen molar-refractivity contribution in [2.45, 2.75) is 13.0 Å². The summed E-state index contributed by atoms with van der Waals surface area (Å²) < 4.78 is 0. The summed E-state index contributed by atoms with van der Waals surface area (Å²) in [6.45, 7) is 0.927. The number of hydrogen-bond donors (Lipinski definition) is 2. The molecule has 0 radical (unpaired) electrons. The topological polar surface area (TPSA) is 68.0 Å². The highest BCUT2D eigenvalue weighted by molar-refractivity contribution is 7.09. The second-order valence-electron chi connectivity index (χ2n) is 3.94. The molecule has 1 aromatic heterocycles. The number of halogens is 1. The zero-order chi connectivity index (χ0) is 13.7. The smallest absolute Gasteiger partial charge is 0.271 e. The third-order valence-corrected chi connectivity index (χ3v) is 3.82. The summed E-state index contributed by atoms with van der Waals surface area (Å²) in [5, 5.41) is 6.07.